The third kappa shape index (κ3) is 1.41. The number of rotatable bonds is 0. The predicted octanol–water partition coefficient (Wildman–Crippen LogP) is 2.97. The van der Waals surface area contributed by atoms with Gasteiger partial charge in [-0.3, -0.25) is 9.59 Å². The number of hydrogen-bond donors (Lipinski definition) is 0. The number of nitriles is 1. The van der Waals surface area contributed by atoms with Gasteiger partial charge in [0.2, 0.25) is 5.78 Å². The molecule has 7 atom stereocenters. The summed E-state index contributed by atoms with van der Waals surface area (Å²) in [6.07, 6.45) is 7.15. The molecule has 4 fully saturated rings. The minimum Gasteiger partial charge on any atom is -0.356 e. The van der Waals surface area contributed by atoms with Crippen LogP contribution < -0.4 is 0 Å². The number of ether oxygens (including phenoxy) is 1. The second-order valence-electron chi connectivity index (χ2n) is 9.04. The number of fused-ring (bicyclic) bond motifs is 4. The standard InChI is InChI=1S/C20H23NO3/c1-18-7-6-14-12(13(18)3-4-15(18)22)5-8-20-17(24-20)16(23)11(10-21)9-19(14,20)2/h9,12-14,17H,3-8H2,1-2H3/t12-,13-,14-,17+,18-,19+,20+/m0/s1. The molecule has 0 amide bonds. The van der Waals surface area contributed by atoms with E-state index >= 15 is 0 Å². The van der Waals surface area contributed by atoms with Crippen LogP contribution in [0.2, 0.25) is 0 Å². The summed E-state index contributed by atoms with van der Waals surface area (Å²) in [4.78, 5) is 24.8. The lowest BCUT2D eigenvalue weighted by Gasteiger charge is -2.57. The van der Waals surface area contributed by atoms with Gasteiger partial charge in [0.25, 0.3) is 0 Å². The van der Waals surface area contributed by atoms with Crippen molar-refractivity contribution in [2.75, 3.05) is 0 Å². The minimum absolute atomic E-state index is 0.120. The van der Waals surface area contributed by atoms with Crippen molar-refractivity contribution in [1.29, 1.82) is 5.26 Å². The van der Waals surface area contributed by atoms with E-state index < -0.39 is 6.10 Å². The Balaban J connectivity index is 1.59. The number of ketones is 2. The molecule has 1 saturated heterocycles. The lowest BCUT2D eigenvalue weighted by molar-refractivity contribution is -0.134. The summed E-state index contributed by atoms with van der Waals surface area (Å²) in [5.41, 5.74) is -0.473. The quantitative estimate of drug-likeness (QED) is 0.642. The maximum Gasteiger partial charge on any atom is 0.204 e. The van der Waals surface area contributed by atoms with E-state index in [4.69, 9.17) is 4.74 Å². The van der Waals surface area contributed by atoms with Crippen LogP contribution in [-0.4, -0.2) is 23.3 Å². The lowest BCUT2D eigenvalue weighted by atomic mass is 9.46. The summed E-state index contributed by atoms with van der Waals surface area (Å²) < 4.78 is 6.00. The van der Waals surface area contributed by atoms with Gasteiger partial charge in [-0.25, -0.2) is 0 Å². The van der Waals surface area contributed by atoms with Crippen LogP contribution in [0.25, 0.3) is 0 Å². The molecule has 4 nitrogen and oxygen atoms in total. The molecule has 1 heterocycles. The Morgan fingerprint density at radius 2 is 1.96 bits per heavy atom. The Hall–Kier alpha value is -1.47. The molecule has 126 valence electrons. The Kier molecular flexibility index (Phi) is 2.59. The summed E-state index contributed by atoms with van der Waals surface area (Å²) in [5, 5.41) is 9.38. The van der Waals surface area contributed by atoms with Crippen LogP contribution in [0.4, 0.5) is 0 Å². The van der Waals surface area contributed by atoms with Crippen molar-refractivity contribution in [3.8, 4) is 6.07 Å². The minimum atomic E-state index is -0.401. The first-order chi connectivity index (χ1) is 11.4. The van der Waals surface area contributed by atoms with Crippen molar-refractivity contribution in [3.05, 3.63) is 11.6 Å². The Morgan fingerprint density at radius 1 is 1.17 bits per heavy atom. The van der Waals surface area contributed by atoms with E-state index in [0.717, 1.165) is 38.5 Å². The molecule has 0 aromatic heterocycles. The van der Waals surface area contributed by atoms with Crippen molar-refractivity contribution >= 4 is 11.6 Å². The van der Waals surface area contributed by atoms with E-state index in [-0.39, 0.29) is 27.8 Å². The average molecular weight is 325 g/mol. The summed E-state index contributed by atoms with van der Waals surface area (Å²) in [5.74, 6) is 1.72. The summed E-state index contributed by atoms with van der Waals surface area (Å²) in [6.45, 7) is 4.38. The van der Waals surface area contributed by atoms with E-state index in [2.05, 4.69) is 19.9 Å². The second kappa shape index (κ2) is 4.19. The molecular formula is C20H23NO3. The summed E-state index contributed by atoms with van der Waals surface area (Å²) >= 11 is 0. The monoisotopic (exact) mass is 325 g/mol. The normalized spacial score (nSPS) is 54.8. The second-order valence-corrected chi connectivity index (χ2v) is 9.04. The van der Waals surface area contributed by atoms with Gasteiger partial charge in [0.15, 0.2) is 6.10 Å². The number of carbonyl (C=O) groups is 2. The fourth-order valence-corrected chi connectivity index (χ4v) is 7.04. The van der Waals surface area contributed by atoms with Crippen LogP contribution in [0.5, 0.6) is 0 Å². The average Bonchev–Trinajstić information content (AvgIpc) is 3.23. The Labute approximate surface area is 142 Å². The lowest BCUT2D eigenvalue weighted by Crippen LogP contribution is -2.57. The molecule has 0 unspecified atom stereocenters. The first kappa shape index (κ1) is 14.8. The SMILES string of the molecule is C[C@]12CC[C@H]3[C@@H](CC[C@@]45O[C@@H]4C(=O)C(C#N)=C[C@]35C)[C@@H]1CCC2=O. The van der Waals surface area contributed by atoms with Crippen molar-refractivity contribution in [2.45, 2.75) is 64.1 Å². The van der Waals surface area contributed by atoms with E-state index in [1.165, 1.54) is 0 Å². The third-order valence-electron chi connectivity index (χ3n) is 8.44. The van der Waals surface area contributed by atoms with Crippen LogP contribution in [0.1, 0.15) is 52.4 Å². The van der Waals surface area contributed by atoms with E-state index in [9.17, 15) is 14.9 Å². The van der Waals surface area contributed by atoms with Gasteiger partial charge >= 0.3 is 0 Å². The summed E-state index contributed by atoms with van der Waals surface area (Å²) in [7, 11) is 0. The molecule has 0 aromatic rings. The van der Waals surface area contributed by atoms with Crippen LogP contribution in [0, 0.1) is 39.9 Å². The van der Waals surface area contributed by atoms with Crippen molar-refractivity contribution in [3.63, 3.8) is 0 Å². The molecule has 4 aliphatic carbocycles. The van der Waals surface area contributed by atoms with Gasteiger partial charge in [-0.1, -0.05) is 19.9 Å². The van der Waals surface area contributed by atoms with Gasteiger partial charge in [0.05, 0.1) is 5.57 Å². The Morgan fingerprint density at radius 3 is 2.71 bits per heavy atom. The number of carbonyl (C=O) groups excluding carboxylic acids is 2. The molecule has 4 heteroatoms. The highest BCUT2D eigenvalue weighted by Gasteiger charge is 2.76. The van der Waals surface area contributed by atoms with E-state index in [1.807, 2.05) is 6.08 Å². The predicted molar refractivity (Wildman–Crippen MR) is 85.7 cm³/mol. The van der Waals surface area contributed by atoms with Gasteiger partial charge < -0.3 is 4.74 Å². The molecule has 5 aliphatic rings. The molecule has 1 aliphatic heterocycles. The van der Waals surface area contributed by atoms with Crippen molar-refractivity contribution in [2.24, 2.45) is 28.6 Å². The fraction of sp³-hybridized carbons (Fsp3) is 0.750. The van der Waals surface area contributed by atoms with Crippen LogP contribution in [0.3, 0.4) is 0 Å². The number of nitrogens with zero attached hydrogens (tertiary/aromatic N) is 1. The topological polar surface area (TPSA) is 70.5 Å². The first-order valence-electron chi connectivity index (χ1n) is 9.26. The third-order valence-corrected chi connectivity index (χ3v) is 8.44. The zero-order valence-electron chi connectivity index (χ0n) is 14.3. The van der Waals surface area contributed by atoms with Crippen LogP contribution in [-0.2, 0) is 14.3 Å². The highest BCUT2D eigenvalue weighted by molar-refractivity contribution is 6.06. The number of hydrogen-bond acceptors (Lipinski definition) is 4. The van der Waals surface area contributed by atoms with Gasteiger partial charge in [-0.05, 0) is 49.9 Å². The molecule has 5 rings (SSSR count). The maximum absolute atomic E-state index is 12.5. The van der Waals surface area contributed by atoms with Crippen LogP contribution >= 0.6 is 0 Å². The number of epoxide rings is 1. The van der Waals surface area contributed by atoms with Gasteiger partial charge in [0, 0.05) is 17.3 Å². The zero-order chi connectivity index (χ0) is 16.9. The molecule has 0 bridgehead atoms. The number of Topliss-reactive ketones (excluding diaryl/α,β-unsaturated/α-hetero) is 2. The van der Waals surface area contributed by atoms with Gasteiger partial charge in [-0.2, -0.15) is 5.26 Å². The molecule has 0 radical (unpaired) electrons. The van der Waals surface area contributed by atoms with E-state index in [1.54, 1.807) is 0 Å². The van der Waals surface area contributed by atoms with Gasteiger partial charge in [-0.15, -0.1) is 0 Å². The fourth-order valence-electron chi connectivity index (χ4n) is 7.04. The van der Waals surface area contributed by atoms with Crippen molar-refractivity contribution < 1.29 is 14.3 Å². The highest BCUT2D eigenvalue weighted by Crippen LogP contribution is 2.70. The van der Waals surface area contributed by atoms with E-state index in [0.29, 0.717) is 23.5 Å². The highest BCUT2D eigenvalue weighted by atomic mass is 16.6. The molecule has 0 N–H and O–H groups in total. The molecule has 3 saturated carbocycles. The molecule has 1 spiro atoms. The molecular weight excluding hydrogens is 302 g/mol. The Bertz CT molecular complexity index is 748. The summed E-state index contributed by atoms with van der Waals surface area (Å²) in [6, 6.07) is 2.10. The van der Waals surface area contributed by atoms with Crippen molar-refractivity contribution in [1.82, 2.24) is 0 Å². The maximum atomic E-state index is 12.5. The first-order valence-corrected chi connectivity index (χ1v) is 9.26. The van der Waals surface area contributed by atoms with Crippen LogP contribution in [0.15, 0.2) is 11.6 Å². The molecule has 0 aromatic carbocycles. The molecule has 24 heavy (non-hydrogen) atoms. The largest absolute Gasteiger partial charge is 0.356 e. The van der Waals surface area contributed by atoms with Gasteiger partial charge in [0.1, 0.15) is 17.5 Å². The smallest absolute Gasteiger partial charge is 0.204 e. The zero-order valence-corrected chi connectivity index (χ0v) is 14.3.